The van der Waals surface area contributed by atoms with Gasteiger partial charge in [0, 0.05) is 35.6 Å². The van der Waals surface area contributed by atoms with E-state index in [9.17, 15) is 4.79 Å². The molecule has 29 heavy (non-hydrogen) atoms. The summed E-state index contributed by atoms with van der Waals surface area (Å²) in [5.74, 6) is 1.48. The molecule has 1 aromatic carbocycles. The van der Waals surface area contributed by atoms with E-state index in [1.807, 2.05) is 35.1 Å². The Bertz CT molecular complexity index is 1140. The predicted molar refractivity (Wildman–Crippen MR) is 111 cm³/mol. The minimum absolute atomic E-state index is 0.0794. The largest absolute Gasteiger partial charge is 0.328 e. The van der Waals surface area contributed by atoms with Crippen molar-refractivity contribution in [2.45, 2.75) is 39.7 Å². The molecule has 0 radical (unpaired) electrons. The number of pyridine rings is 1. The summed E-state index contributed by atoms with van der Waals surface area (Å²) in [4.78, 5) is 22.2. The van der Waals surface area contributed by atoms with Gasteiger partial charge in [0.2, 0.25) is 5.95 Å². The molecule has 0 spiro atoms. The zero-order chi connectivity index (χ0) is 20.2. The van der Waals surface area contributed by atoms with Crippen molar-refractivity contribution in [1.82, 2.24) is 19.7 Å². The number of hydrogen-bond acceptors (Lipinski definition) is 5. The lowest BCUT2D eigenvalue weighted by molar-refractivity contribution is -0.118. The third-order valence-electron chi connectivity index (χ3n) is 5.61. The van der Waals surface area contributed by atoms with Gasteiger partial charge in [0.05, 0.1) is 0 Å². The van der Waals surface area contributed by atoms with Crippen molar-refractivity contribution >= 4 is 11.7 Å². The zero-order valence-electron chi connectivity index (χ0n) is 16.8. The number of anilines is 1. The quantitative estimate of drug-likeness (QED) is 0.712. The number of Topliss-reactive ketones (excluding diaryl/α,β-unsaturated/α-hetero) is 1. The normalized spacial score (nSPS) is 20.1. The number of ketones is 1. The number of aryl methyl sites for hydroxylation is 1. The molecule has 1 unspecified atom stereocenters. The summed E-state index contributed by atoms with van der Waals surface area (Å²) in [5.41, 5.74) is 4.71. The van der Waals surface area contributed by atoms with E-state index in [4.69, 9.17) is 10.1 Å². The molecule has 146 valence electrons. The highest BCUT2D eigenvalue weighted by Gasteiger charge is 2.41. The number of benzene rings is 1. The highest BCUT2D eigenvalue weighted by molar-refractivity contribution is 6.00. The van der Waals surface area contributed by atoms with Crippen LogP contribution in [0.2, 0.25) is 0 Å². The monoisotopic (exact) mass is 385 g/mol. The smallest absolute Gasteiger partial charge is 0.226 e. The van der Waals surface area contributed by atoms with Crippen LogP contribution in [0.25, 0.3) is 11.4 Å². The van der Waals surface area contributed by atoms with Gasteiger partial charge in [0.15, 0.2) is 11.6 Å². The number of fused-ring (bicyclic) bond motifs is 1. The van der Waals surface area contributed by atoms with E-state index >= 15 is 0 Å². The van der Waals surface area contributed by atoms with Crippen molar-refractivity contribution in [2.75, 3.05) is 5.32 Å². The number of hydrogen-bond donors (Lipinski definition) is 1. The molecule has 6 heteroatoms. The Morgan fingerprint density at radius 2 is 2.03 bits per heavy atom. The van der Waals surface area contributed by atoms with Gasteiger partial charge in [0.25, 0.3) is 0 Å². The van der Waals surface area contributed by atoms with Gasteiger partial charge in [-0.05, 0) is 36.5 Å². The molecular formula is C23H23N5O. The van der Waals surface area contributed by atoms with E-state index in [1.54, 1.807) is 6.20 Å². The molecule has 1 atom stereocenters. The first-order chi connectivity index (χ1) is 13.9. The van der Waals surface area contributed by atoms with Gasteiger partial charge in [-0.15, -0.1) is 5.10 Å². The Labute approximate surface area is 169 Å². The Kier molecular flexibility index (Phi) is 3.91. The molecule has 0 fully saturated rings. The molecule has 5 rings (SSSR count). The highest BCUT2D eigenvalue weighted by Crippen LogP contribution is 2.45. The van der Waals surface area contributed by atoms with E-state index in [2.05, 4.69) is 43.2 Å². The maximum absolute atomic E-state index is 13.2. The van der Waals surface area contributed by atoms with Crippen LogP contribution in [0, 0.1) is 12.3 Å². The first-order valence-electron chi connectivity index (χ1n) is 9.88. The third-order valence-corrected chi connectivity index (χ3v) is 5.61. The van der Waals surface area contributed by atoms with E-state index in [1.165, 1.54) is 0 Å². The van der Waals surface area contributed by atoms with E-state index in [0.717, 1.165) is 34.4 Å². The summed E-state index contributed by atoms with van der Waals surface area (Å²) in [6.45, 7) is 6.32. The van der Waals surface area contributed by atoms with Crippen LogP contribution in [0.5, 0.6) is 0 Å². The lowest BCUT2D eigenvalue weighted by Crippen LogP contribution is -2.36. The van der Waals surface area contributed by atoms with Crippen molar-refractivity contribution in [3.05, 3.63) is 71.2 Å². The molecule has 1 aliphatic carbocycles. The molecule has 6 nitrogen and oxygen atoms in total. The van der Waals surface area contributed by atoms with E-state index in [-0.39, 0.29) is 17.2 Å². The van der Waals surface area contributed by atoms with Gasteiger partial charge in [-0.2, -0.15) is 4.98 Å². The number of rotatable bonds is 2. The summed E-state index contributed by atoms with van der Waals surface area (Å²) in [5, 5.41) is 8.23. The number of carbonyl (C=O) groups excluding carboxylic acids is 1. The molecule has 2 aromatic heterocycles. The SMILES string of the molecule is Cc1cccc(-c2nc3n(n2)C(c2cccnc2)C2=C(CC(C)(C)CC2=O)N3)c1. The van der Waals surface area contributed by atoms with Gasteiger partial charge in [0.1, 0.15) is 6.04 Å². The van der Waals surface area contributed by atoms with Crippen LogP contribution in [0.1, 0.15) is 43.9 Å². The van der Waals surface area contributed by atoms with Gasteiger partial charge in [-0.1, -0.05) is 43.7 Å². The first-order valence-corrected chi connectivity index (χ1v) is 9.88. The minimum Gasteiger partial charge on any atom is -0.328 e. The average molecular weight is 385 g/mol. The molecule has 0 saturated carbocycles. The Hall–Kier alpha value is -3.28. The molecule has 1 N–H and O–H groups in total. The minimum atomic E-state index is -0.315. The highest BCUT2D eigenvalue weighted by atomic mass is 16.1. The summed E-state index contributed by atoms with van der Waals surface area (Å²) in [6, 6.07) is 11.7. The van der Waals surface area contributed by atoms with Crippen LogP contribution in [-0.2, 0) is 4.79 Å². The summed E-state index contributed by atoms with van der Waals surface area (Å²) < 4.78 is 1.84. The van der Waals surface area contributed by atoms with Gasteiger partial charge in [-0.25, -0.2) is 4.68 Å². The van der Waals surface area contributed by atoms with Crippen LogP contribution < -0.4 is 5.32 Å². The number of allylic oxidation sites excluding steroid dienone is 2. The van der Waals surface area contributed by atoms with Gasteiger partial charge in [-0.3, -0.25) is 9.78 Å². The maximum atomic E-state index is 13.2. The second kappa shape index (κ2) is 6.37. The van der Waals surface area contributed by atoms with Crippen LogP contribution in [-0.4, -0.2) is 25.5 Å². The zero-order valence-corrected chi connectivity index (χ0v) is 16.8. The third kappa shape index (κ3) is 3.05. The lowest BCUT2D eigenvalue weighted by Gasteiger charge is -2.38. The molecule has 2 aliphatic rings. The topological polar surface area (TPSA) is 72.7 Å². The fourth-order valence-corrected chi connectivity index (χ4v) is 4.36. The van der Waals surface area contributed by atoms with Gasteiger partial charge >= 0.3 is 0 Å². The second-order valence-corrected chi connectivity index (χ2v) is 8.72. The summed E-state index contributed by atoms with van der Waals surface area (Å²) in [7, 11) is 0. The van der Waals surface area contributed by atoms with Crippen molar-refractivity contribution in [1.29, 1.82) is 0 Å². The Morgan fingerprint density at radius 1 is 1.17 bits per heavy atom. The van der Waals surface area contributed by atoms with Gasteiger partial charge < -0.3 is 5.32 Å². The summed E-state index contributed by atoms with van der Waals surface area (Å²) in [6.07, 6.45) is 4.88. The maximum Gasteiger partial charge on any atom is 0.226 e. The number of nitrogens with one attached hydrogen (secondary N) is 1. The molecule has 1 aliphatic heterocycles. The number of carbonyl (C=O) groups is 1. The van der Waals surface area contributed by atoms with Crippen LogP contribution >= 0.6 is 0 Å². The Balaban J connectivity index is 1.68. The molecule has 3 heterocycles. The molecule has 0 bridgehead atoms. The fraction of sp³-hybridized carbons (Fsp3) is 0.304. The summed E-state index contributed by atoms with van der Waals surface area (Å²) >= 11 is 0. The average Bonchev–Trinajstić information content (AvgIpc) is 3.10. The fourth-order valence-electron chi connectivity index (χ4n) is 4.36. The Morgan fingerprint density at radius 3 is 2.79 bits per heavy atom. The first kappa shape index (κ1) is 17.8. The molecule has 0 amide bonds. The molecular weight excluding hydrogens is 362 g/mol. The van der Waals surface area contributed by atoms with Crippen molar-refractivity contribution in [3.63, 3.8) is 0 Å². The van der Waals surface area contributed by atoms with Crippen molar-refractivity contribution in [3.8, 4) is 11.4 Å². The van der Waals surface area contributed by atoms with E-state index < -0.39 is 0 Å². The second-order valence-electron chi connectivity index (χ2n) is 8.72. The predicted octanol–water partition coefficient (Wildman–Crippen LogP) is 4.31. The van der Waals surface area contributed by atoms with Crippen LogP contribution in [0.3, 0.4) is 0 Å². The van der Waals surface area contributed by atoms with Crippen LogP contribution in [0.4, 0.5) is 5.95 Å². The lowest BCUT2D eigenvalue weighted by atomic mass is 9.73. The van der Waals surface area contributed by atoms with Crippen LogP contribution in [0.15, 0.2) is 60.1 Å². The molecule has 0 saturated heterocycles. The number of aromatic nitrogens is 4. The molecule has 3 aromatic rings. The van der Waals surface area contributed by atoms with Crippen molar-refractivity contribution in [2.24, 2.45) is 5.41 Å². The standard InChI is InChI=1S/C23H23N5O/c1-14-6-4-7-15(10-14)21-26-22-25-17-11-23(2,3)12-18(29)19(17)20(28(22)27-21)16-8-5-9-24-13-16/h4-10,13,20H,11-12H2,1-3H3,(H,25,26,27). The number of nitrogens with zero attached hydrogens (tertiary/aromatic N) is 4. The van der Waals surface area contributed by atoms with Crippen molar-refractivity contribution < 1.29 is 4.79 Å². The van der Waals surface area contributed by atoms with E-state index in [0.29, 0.717) is 18.2 Å².